The molecule has 1 aromatic carbocycles. The lowest BCUT2D eigenvalue weighted by Crippen LogP contribution is -2.37. The Kier molecular flexibility index (Phi) is 3.28. The number of allylic oxidation sites excluding steroid dienone is 2. The van der Waals surface area contributed by atoms with Gasteiger partial charge in [0.05, 0.1) is 0 Å². The number of ketones is 1. The topological polar surface area (TPSA) is 59.8 Å². The van der Waals surface area contributed by atoms with Crippen molar-refractivity contribution in [1.82, 2.24) is 14.8 Å². The van der Waals surface area contributed by atoms with Gasteiger partial charge < -0.3 is 5.32 Å². The van der Waals surface area contributed by atoms with Crippen LogP contribution < -0.4 is 5.32 Å². The number of aromatic nitrogens is 3. The van der Waals surface area contributed by atoms with Crippen LogP contribution in [0.25, 0.3) is 0 Å². The zero-order valence-electron chi connectivity index (χ0n) is 13.3. The van der Waals surface area contributed by atoms with Crippen molar-refractivity contribution < 1.29 is 9.18 Å². The first kappa shape index (κ1) is 15.3. The van der Waals surface area contributed by atoms with Crippen molar-refractivity contribution in [3.05, 3.63) is 52.2 Å². The second-order valence-electron chi connectivity index (χ2n) is 7.02. The van der Waals surface area contributed by atoms with Crippen LogP contribution in [0.4, 0.5) is 10.3 Å². The maximum Gasteiger partial charge on any atom is 0.226 e. The number of nitrogens with zero attached hydrogens (tertiary/aromatic N) is 3. The Bertz CT molecular complexity index is 866. The van der Waals surface area contributed by atoms with E-state index in [2.05, 4.69) is 15.4 Å². The van der Waals surface area contributed by atoms with E-state index >= 15 is 0 Å². The first-order valence-corrected chi connectivity index (χ1v) is 8.12. The highest BCUT2D eigenvalue weighted by molar-refractivity contribution is 6.31. The van der Waals surface area contributed by atoms with Crippen molar-refractivity contribution in [1.29, 1.82) is 0 Å². The Labute approximate surface area is 143 Å². The number of benzene rings is 1. The molecule has 2 heterocycles. The number of hydrogen-bond acceptors (Lipinski definition) is 4. The highest BCUT2D eigenvalue weighted by atomic mass is 35.5. The van der Waals surface area contributed by atoms with Crippen molar-refractivity contribution in [2.45, 2.75) is 32.7 Å². The molecule has 0 radical (unpaired) electrons. The number of rotatable bonds is 1. The molecule has 0 spiro atoms. The van der Waals surface area contributed by atoms with E-state index in [1.54, 1.807) is 12.1 Å². The van der Waals surface area contributed by atoms with Crippen LogP contribution in [-0.4, -0.2) is 20.5 Å². The number of halogens is 2. The summed E-state index contributed by atoms with van der Waals surface area (Å²) in [5.41, 5.74) is 1.41. The molecular weight excluding hydrogens is 331 g/mol. The van der Waals surface area contributed by atoms with E-state index in [1.165, 1.54) is 17.1 Å². The molecular formula is C17H16ClFN4O. The molecule has 4 rings (SSSR count). The van der Waals surface area contributed by atoms with Gasteiger partial charge in [0, 0.05) is 28.3 Å². The molecule has 1 N–H and O–H groups in total. The summed E-state index contributed by atoms with van der Waals surface area (Å²) in [6.07, 6.45) is 2.47. The van der Waals surface area contributed by atoms with E-state index in [4.69, 9.17) is 11.6 Å². The van der Waals surface area contributed by atoms with Crippen LogP contribution in [0.3, 0.4) is 0 Å². The Morgan fingerprint density at radius 1 is 1.38 bits per heavy atom. The summed E-state index contributed by atoms with van der Waals surface area (Å²) in [5.74, 6) is 0.0168. The standard InChI is InChI=1S/C17H16ClFN4O/c1-17(2)6-11-14(12(24)7-17)15(23-16(22-11)20-8-21-23)13-9(18)4-3-5-10(13)19/h3-5,8,15H,6-7H2,1-2H3,(H,20,21,22)/t15-/m1/s1. The van der Waals surface area contributed by atoms with Gasteiger partial charge in [0.15, 0.2) is 5.78 Å². The van der Waals surface area contributed by atoms with Crippen LogP contribution in [0.1, 0.15) is 38.3 Å². The third kappa shape index (κ3) is 2.24. The summed E-state index contributed by atoms with van der Waals surface area (Å²) in [4.78, 5) is 17.0. The van der Waals surface area contributed by atoms with Gasteiger partial charge in [-0.1, -0.05) is 31.5 Å². The average Bonchev–Trinajstić information content (AvgIpc) is 2.92. The summed E-state index contributed by atoms with van der Waals surface area (Å²) in [5, 5.41) is 7.65. The number of hydrogen-bond donors (Lipinski definition) is 1. The van der Waals surface area contributed by atoms with E-state index in [-0.39, 0.29) is 21.8 Å². The number of Topliss-reactive ketones (excluding diaryl/α,β-unsaturated/α-hetero) is 1. The van der Waals surface area contributed by atoms with E-state index in [1.807, 2.05) is 13.8 Å². The smallest absolute Gasteiger partial charge is 0.226 e. The summed E-state index contributed by atoms with van der Waals surface area (Å²) < 4.78 is 16.1. The molecule has 2 aromatic rings. The lowest BCUT2D eigenvalue weighted by atomic mass is 9.73. The SMILES string of the molecule is CC1(C)CC(=O)C2=C(C1)Nc1ncnn1[C@@H]2c1c(F)cccc1Cl. The summed E-state index contributed by atoms with van der Waals surface area (Å²) in [6.45, 7) is 4.08. The lowest BCUT2D eigenvalue weighted by molar-refractivity contribution is -0.118. The van der Waals surface area contributed by atoms with Crippen LogP contribution in [-0.2, 0) is 4.79 Å². The molecule has 5 nitrogen and oxygen atoms in total. The fourth-order valence-electron chi connectivity index (χ4n) is 3.59. The molecule has 0 amide bonds. The van der Waals surface area contributed by atoms with Gasteiger partial charge in [0.25, 0.3) is 0 Å². The third-order valence-electron chi connectivity index (χ3n) is 4.55. The molecule has 1 aliphatic carbocycles. The van der Waals surface area contributed by atoms with Gasteiger partial charge in [0.2, 0.25) is 5.95 Å². The second kappa shape index (κ2) is 5.14. The van der Waals surface area contributed by atoms with Gasteiger partial charge in [-0.2, -0.15) is 10.1 Å². The summed E-state index contributed by atoms with van der Waals surface area (Å²) >= 11 is 6.28. The highest BCUT2D eigenvalue weighted by Gasteiger charge is 2.42. The van der Waals surface area contributed by atoms with Crippen molar-refractivity contribution in [3.63, 3.8) is 0 Å². The molecule has 2 aliphatic rings. The number of nitrogens with one attached hydrogen (secondary N) is 1. The highest BCUT2D eigenvalue weighted by Crippen LogP contribution is 2.46. The zero-order chi connectivity index (χ0) is 17.1. The molecule has 7 heteroatoms. The molecule has 1 atom stereocenters. The number of fused-ring (bicyclic) bond motifs is 1. The van der Waals surface area contributed by atoms with Gasteiger partial charge >= 0.3 is 0 Å². The van der Waals surface area contributed by atoms with Gasteiger partial charge in [-0.25, -0.2) is 9.07 Å². The van der Waals surface area contributed by atoms with Crippen molar-refractivity contribution in [2.24, 2.45) is 5.41 Å². The largest absolute Gasteiger partial charge is 0.328 e. The minimum absolute atomic E-state index is 0.0146. The van der Waals surface area contributed by atoms with Crippen LogP contribution in [0.15, 0.2) is 35.8 Å². The zero-order valence-corrected chi connectivity index (χ0v) is 14.1. The van der Waals surface area contributed by atoms with E-state index in [9.17, 15) is 9.18 Å². The molecule has 0 saturated carbocycles. The maximum absolute atomic E-state index is 14.6. The predicted molar refractivity (Wildman–Crippen MR) is 88.2 cm³/mol. The van der Waals surface area contributed by atoms with Gasteiger partial charge in [0.1, 0.15) is 18.2 Å². The van der Waals surface area contributed by atoms with Crippen molar-refractivity contribution in [2.75, 3.05) is 5.32 Å². The molecule has 1 aromatic heterocycles. The Balaban J connectivity index is 1.97. The van der Waals surface area contributed by atoms with E-state index in [0.29, 0.717) is 24.4 Å². The third-order valence-corrected chi connectivity index (χ3v) is 4.88. The molecule has 0 bridgehead atoms. The first-order valence-electron chi connectivity index (χ1n) is 7.74. The summed E-state index contributed by atoms with van der Waals surface area (Å²) in [6, 6.07) is 3.81. The van der Waals surface area contributed by atoms with Crippen molar-refractivity contribution >= 4 is 23.3 Å². The Morgan fingerprint density at radius 3 is 2.92 bits per heavy atom. The average molecular weight is 347 g/mol. The molecule has 124 valence electrons. The Hall–Kier alpha value is -2.21. The number of anilines is 1. The number of carbonyl (C=O) groups is 1. The quantitative estimate of drug-likeness (QED) is 0.854. The molecule has 1 aliphatic heterocycles. The fourth-order valence-corrected chi connectivity index (χ4v) is 3.85. The Morgan fingerprint density at radius 2 is 2.17 bits per heavy atom. The van der Waals surface area contributed by atoms with Gasteiger partial charge in [-0.05, 0) is 24.0 Å². The van der Waals surface area contributed by atoms with Crippen LogP contribution in [0.2, 0.25) is 5.02 Å². The lowest BCUT2D eigenvalue weighted by Gasteiger charge is -2.38. The van der Waals surface area contributed by atoms with Crippen LogP contribution in [0, 0.1) is 11.2 Å². The predicted octanol–water partition coefficient (Wildman–Crippen LogP) is 3.73. The van der Waals surface area contributed by atoms with Crippen LogP contribution >= 0.6 is 11.6 Å². The summed E-state index contributed by atoms with van der Waals surface area (Å²) in [7, 11) is 0. The van der Waals surface area contributed by atoms with E-state index in [0.717, 1.165) is 5.70 Å². The minimum Gasteiger partial charge on any atom is -0.328 e. The molecule has 0 fully saturated rings. The second-order valence-corrected chi connectivity index (χ2v) is 7.43. The van der Waals surface area contributed by atoms with Crippen LogP contribution in [0.5, 0.6) is 0 Å². The molecule has 0 saturated heterocycles. The molecule has 0 unspecified atom stereocenters. The minimum atomic E-state index is -0.698. The fraction of sp³-hybridized carbons (Fsp3) is 0.353. The normalized spacial score (nSPS) is 22.0. The van der Waals surface area contributed by atoms with E-state index < -0.39 is 11.9 Å². The monoisotopic (exact) mass is 346 g/mol. The van der Waals surface area contributed by atoms with Gasteiger partial charge in [-0.3, -0.25) is 4.79 Å². The first-order chi connectivity index (χ1) is 11.4. The number of carbonyl (C=O) groups excluding carboxylic acids is 1. The van der Waals surface area contributed by atoms with Gasteiger partial charge in [-0.15, -0.1) is 0 Å². The molecule has 24 heavy (non-hydrogen) atoms. The van der Waals surface area contributed by atoms with Crippen molar-refractivity contribution in [3.8, 4) is 0 Å². The maximum atomic E-state index is 14.6.